The van der Waals surface area contributed by atoms with Gasteiger partial charge in [-0.3, -0.25) is 0 Å². The summed E-state index contributed by atoms with van der Waals surface area (Å²) >= 11 is 7.79. The average Bonchev–Trinajstić information content (AvgIpc) is 2.36. The van der Waals surface area contributed by atoms with Crippen LogP contribution in [0.5, 0.6) is 0 Å². The van der Waals surface area contributed by atoms with E-state index in [4.69, 9.17) is 11.6 Å². The third-order valence-corrected chi connectivity index (χ3v) is 3.72. The van der Waals surface area contributed by atoms with Crippen LogP contribution in [0.4, 0.5) is 5.82 Å². The third-order valence-electron chi connectivity index (χ3n) is 2.65. The summed E-state index contributed by atoms with van der Waals surface area (Å²) in [7, 11) is 0. The molecule has 5 heteroatoms. The van der Waals surface area contributed by atoms with Gasteiger partial charge in [-0.2, -0.15) is 11.8 Å². The second-order valence-corrected chi connectivity index (χ2v) is 5.55. The molecule has 1 aromatic heterocycles. The van der Waals surface area contributed by atoms with Crippen molar-refractivity contribution in [3.63, 3.8) is 0 Å². The zero-order chi connectivity index (χ0) is 13.0. The first-order valence-corrected chi connectivity index (χ1v) is 7.63. The summed E-state index contributed by atoms with van der Waals surface area (Å²) in [6.45, 7) is 3.10. The van der Waals surface area contributed by atoms with E-state index in [0.717, 1.165) is 29.0 Å². The maximum absolute atomic E-state index is 5.93. The number of nitrogens with one attached hydrogen (secondary N) is 1. The third kappa shape index (κ3) is 3.27. The van der Waals surface area contributed by atoms with E-state index in [-0.39, 0.29) is 5.28 Å². The molecule has 0 aliphatic heterocycles. The van der Waals surface area contributed by atoms with E-state index in [2.05, 4.69) is 28.5 Å². The van der Waals surface area contributed by atoms with E-state index in [1.807, 2.05) is 36.0 Å². The topological polar surface area (TPSA) is 37.8 Å². The van der Waals surface area contributed by atoms with E-state index in [1.54, 1.807) is 0 Å². The molecule has 1 N–H and O–H groups in total. The van der Waals surface area contributed by atoms with Crippen molar-refractivity contribution < 1.29 is 0 Å². The van der Waals surface area contributed by atoms with Crippen LogP contribution in [0.3, 0.4) is 0 Å². The molecule has 0 bridgehead atoms. The van der Waals surface area contributed by atoms with E-state index >= 15 is 0 Å². The molecule has 0 amide bonds. The maximum atomic E-state index is 5.93. The second-order valence-electron chi connectivity index (χ2n) is 4.30. The molecule has 2 rings (SSSR count). The molecule has 0 fully saturated rings. The lowest BCUT2D eigenvalue weighted by Crippen LogP contribution is -2.14. The van der Waals surface area contributed by atoms with Crippen molar-refractivity contribution in [2.24, 2.45) is 5.92 Å². The highest BCUT2D eigenvalue weighted by atomic mass is 35.5. The monoisotopic (exact) mass is 281 g/mol. The number of benzene rings is 1. The number of halogens is 1. The Morgan fingerprint density at radius 2 is 2.11 bits per heavy atom. The van der Waals surface area contributed by atoms with Gasteiger partial charge in [0.2, 0.25) is 5.28 Å². The molecular weight excluding hydrogens is 266 g/mol. The fraction of sp³-hybridized carbons (Fsp3) is 0.385. The van der Waals surface area contributed by atoms with Crippen LogP contribution >= 0.6 is 23.4 Å². The van der Waals surface area contributed by atoms with Crippen molar-refractivity contribution in [1.82, 2.24) is 9.97 Å². The highest BCUT2D eigenvalue weighted by Gasteiger charge is 2.07. The number of nitrogens with zero attached hydrogens (tertiary/aromatic N) is 2. The molecule has 0 saturated heterocycles. The summed E-state index contributed by atoms with van der Waals surface area (Å²) in [5, 5.41) is 4.66. The lowest BCUT2D eigenvalue weighted by atomic mass is 10.2. The van der Waals surface area contributed by atoms with Crippen LogP contribution in [0.2, 0.25) is 5.28 Å². The predicted molar refractivity (Wildman–Crippen MR) is 80.6 cm³/mol. The molecule has 0 radical (unpaired) electrons. The van der Waals surface area contributed by atoms with Crippen molar-refractivity contribution in [1.29, 1.82) is 0 Å². The molecule has 0 aliphatic rings. The average molecular weight is 282 g/mol. The zero-order valence-electron chi connectivity index (χ0n) is 10.5. The molecule has 0 saturated carbocycles. The highest BCUT2D eigenvalue weighted by Crippen LogP contribution is 2.22. The van der Waals surface area contributed by atoms with Crippen molar-refractivity contribution in [2.45, 2.75) is 6.92 Å². The zero-order valence-corrected chi connectivity index (χ0v) is 12.1. The first kappa shape index (κ1) is 13.4. The number of hydrogen-bond acceptors (Lipinski definition) is 4. The fourth-order valence-corrected chi connectivity index (χ4v) is 2.66. The van der Waals surface area contributed by atoms with Crippen LogP contribution in [-0.2, 0) is 0 Å². The minimum absolute atomic E-state index is 0.286. The highest BCUT2D eigenvalue weighted by molar-refractivity contribution is 7.98. The minimum Gasteiger partial charge on any atom is -0.369 e. The SMILES string of the molecule is CSCC(C)CNc1nc(Cl)nc2ccccc12. The summed E-state index contributed by atoms with van der Waals surface area (Å²) in [6, 6.07) is 7.88. The van der Waals surface area contributed by atoms with Gasteiger partial charge in [0.1, 0.15) is 5.82 Å². The number of hydrogen-bond donors (Lipinski definition) is 1. The number of para-hydroxylation sites is 1. The van der Waals surface area contributed by atoms with Gasteiger partial charge >= 0.3 is 0 Å². The van der Waals surface area contributed by atoms with Crippen LogP contribution < -0.4 is 5.32 Å². The Kier molecular flexibility index (Phi) is 4.66. The molecule has 2 aromatic rings. The molecule has 1 unspecified atom stereocenters. The van der Waals surface area contributed by atoms with E-state index in [1.165, 1.54) is 0 Å². The molecule has 0 aliphatic carbocycles. The quantitative estimate of drug-likeness (QED) is 0.848. The number of aromatic nitrogens is 2. The molecular formula is C13H16ClN3S. The molecule has 3 nitrogen and oxygen atoms in total. The Morgan fingerprint density at radius 1 is 1.33 bits per heavy atom. The summed E-state index contributed by atoms with van der Waals surface area (Å²) in [4.78, 5) is 8.48. The van der Waals surface area contributed by atoms with Gasteiger partial charge < -0.3 is 5.32 Å². The van der Waals surface area contributed by atoms with Gasteiger partial charge in [0.15, 0.2) is 0 Å². The van der Waals surface area contributed by atoms with Crippen molar-refractivity contribution >= 4 is 40.1 Å². The summed E-state index contributed by atoms with van der Waals surface area (Å²) < 4.78 is 0. The Hall–Kier alpha value is -1.00. The fourth-order valence-electron chi connectivity index (χ4n) is 1.80. The van der Waals surface area contributed by atoms with E-state index in [0.29, 0.717) is 5.92 Å². The standard InChI is InChI=1S/C13H16ClN3S/c1-9(8-18-2)7-15-12-10-5-3-4-6-11(10)16-13(14)17-12/h3-6,9H,7-8H2,1-2H3,(H,15,16,17). The van der Waals surface area contributed by atoms with Gasteiger partial charge in [0.25, 0.3) is 0 Å². The van der Waals surface area contributed by atoms with Gasteiger partial charge in [0, 0.05) is 11.9 Å². The number of fused-ring (bicyclic) bond motifs is 1. The van der Waals surface area contributed by atoms with Crippen LogP contribution in [-0.4, -0.2) is 28.5 Å². The first-order chi connectivity index (χ1) is 8.70. The molecule has 0 spiro atoms. The van der Waals surface area contributed by atoms with Crippen LogP contribution in [0.25, 0.3) is 10.9 Å². The van der Waals surface area contributed by atoms with Gasteiger partial charge in [0.05, 0.1) is 5.52 Å². The molecule has 18 heavy (non-hydrogen) atoms. The number of anilines is 1. The Bertz CT molecular complexity index is 533. The molecule has 1 atom stereocenters. The smallest absolute Gasteiger partial charge is 0.224 e. The Balaban J connectivity index is 2.21. The lowest BCUT2D eigenvalue weighted by Gasteiger charge is -2.13. The van der Waals surface area contributed by atoms with Gasteiger partial charge in [-0.25, -0.2) is 9.97 Å². The molecule has 96 valence electrons. The summed E-state index contributed by atoms with van der Waals surface area (Å²) in [5.74, 6) is 2.54. The van der Waals surface area contributed by atoms with Gasteiger partial charge in [-0.05, 0) is 41.7 Å². The summed E-state index contributed by atoms with van der Waals surface area (Å²) in [5.41, 5.74) is 0.873. The van der Waals surface area contributed by atoms with E-state index in [9.17, 15) is 0 Å². The largest absolute Gasteiger partial charge is 0.369 e. The second kappa shape index (κ2) is 6.25. The minimum atomic E-state index is 0.286. The lowest BCUT2D eigenvalue weighted by molar-refractivity contribution is 0.700. The molecule has 1 aromatic carbocycles. The first-order valence-electron chi connectivity index (χ1n) is 5.86. The number of thioether (sulfide) groups is 1. The predicted octanol–water partition coefficient (Wildman–Crippen LogP) is 3.69. The Labute approximate surface area is 116 Å². The van der Waals surface area contributed by atoms with Crippen LogP contribution in [0, 0.1) is 5.92 Å². The van der Waals surface area contributed by atoms with Crippen molar-refractivity contribution in [2.75, 3.05) is 23.9 Å². The van der Waals surface area contributed by atoms with Crippen molar-refractivity contribution in [3.05, 3.63) is 29.5 Å². The van der Waals surface area contributed by atoms with Crippen LogP contribution in [0.15, 0.2) is 24.3 Å². The Morgan fingerprint density at radius 3 is 2.89 bits per heavy atom. The van der Waals surface area contributed by atoms with Gasteiger partial charge in [-0.15, -0.1) is 0 Å². The summed E-state index contributed by atoms with van der Waals surface area (Å²) in [6.07, 6.45) is 2.12. The van der Waals surface area contributed by atoms with Crippen molar-refractivity contribution in [3.8, 4) is 0 Å². The van der Waals surface area contributed by atoms with E-state index < -0.39 is 0 Å². The number of rotatable bonds is 5. The van der Waals surface area contributed by atoms with Crippen LogP contribution in [0.1, 0.15) is 6.92 Å². The normalized spacial score (nSPS) is 12.6. The van der Waals surface area contributed by atoms with Gasteiger partial charge in [-0.1, -0.05) is 19.1 Å². The maximum Gasteiger partial charge on any atom is 0.224 e. The molecule has 1 heterocycles.